The van der Waals surface area contributed by atoms with Crippen LogP contribution in [-0.4, -0.2) is 22.9 Å². The molecule has 0 aromatic heterocycles. The summed E-state index contributed by atoms with van der Waals surface area (Å²) < 4.78 is 0. The lowest BCUT2D eigenvalue weighted by Gasteiger charge is -2.40. The molecule has 0 aromatic carbocycles. The predicted molar refractivity (Wildman–Crippen MR) is 46.6 cm³/mol. The third kappa shape index (κ3) is 0.775. The van der Waals surface area contributed by atoms with Crippen molar-refractivity contribution in [3.05, 3.63) is 0 Å². The lowest BCUT2D eigenvalue weighted by Crippen LogP contribution is -2.44. The molecule has 12 heavy (non-hydrogen) atoms. The van der Waals surface area contributed by atoms with Crippen molar-refractivity contribution in [3.8, 4) is 0 Å². The van der Waals surface area contributed by atoms with E-state index in [2.05, 4.69) is 6.92 Å². The summed E-state index contributed by atoms with van der Waals surface area (Å²) in [5.74, 6) is 0.544. The smallest absolute Gasteiger partial charge is 0.0671 e. The molecule has 70 valence electrons. The van der Waals surface area contributed by atoms with E-state index in [1.165, 1.54) is 6.42 Å². The molecule has 2 heteroatoms. The molecule has 2 N–H and O–H groups in total. The number of hydrogen-bond donors (Lipinski definition) is 2. The van der Waals surface area contributed by atoms with E-state index in [9.17, 15) is 10.2 Å². The first kappa shape index (κ1) is 8.52. The average molecular weight is 170 g/mol. The zero-order valence-corrected chi connectivity index (χ0v) is 7.88. The van der Waals surface area contributed by atoms with Crippen molar-refractivity contribution >= 4 is 0 Å². The highest BCUT2D eigenvalue weighted by molar-refractivity contribution is 5.10. The highest BCUT2D eigenvalue weighted by atomic mass is 16.3. The highest BCUT2D eigenvalue weighted by Gasteiger charge is 2.60. The zero-order chi connectivity index (χ0) is 8.98. The van der Waals surface area contributed by atoms with Crippen LogP contribution in [0.15, 0.2) is 0 Å². The van der Waals surface area contributed by atoms with Gasteiger partial charge in [0.05, 0.1) is 12.7 Å². The maximum atomic E-state index is 10.0. The molecule has 2 saturated carbocycles. The molecule has 4 atom stereocenters. The van der Waals surface area contributed by atoms with Crippen LogP contribution in [0.4, 0.5) is 0 Å². The number of rotatable bonds is 1. The number of aliphatic hydroxyl groups excluding tert-OH is 2. The number of hydrogen-bond acceptors (Lipinski definition) is 2. The Morgan fingerprint density at radius 2 is 2.08 bits per heavy atom. The van der Waals surface area contributed by atoms with Gasteiger partial charge >= 0.3 is 0 Å². The lowest BCUT2D eigenvalue weighted by molar-refractivity contribution is -0.0704. The molecule has 0 aromatic rings. The van der Waals surface area contributed by atoms with Gasteiger partial charge in [0.1, 0.15) is 0 Å². The van der Waals surface area contributed by atoms with Crippen molar-refractivity contribution < 1.29 is 10.2 Å². The Bertz CT molecular complexity index is 204. The first-order valence-electron chi connectivity index (χ1n) is 4.82. The largest absolute Gasteiger partial charge is 0.396 e. The summed E-state index contributed by atoms with van der Waals surface area (Å²) in [6, 6.07) is 0. The molecule has 0 radical (unpaired) electrons. The summed E-state index contributed by atoms with van der Waals surface area (Å²) in [6.45, 7) is 4.31. The maximum Gasteiger partial charge on any atom is 0.0671 e. The van der Waals surface area contributed by atoms with Crippen molar-refractivity contribution in [2.75, 3.05) is 6.61 Å². The van der Waals surface area contributed by atoms with E-state index < -0.39 is 0 Å². The Balaban J connectivity index is 2.31. The first-order chi connectivity index (χ1) is 5.53. The monoisotopic (exact) mass is 170 g/mol. The fraction of sp³-hybridized carbons (Fsp3) is 1.00. The Labute approximate surface area is 73.6 Å². The van der Waals surface area contributed by atoms with Gasteiger partial charge in [-0.3, -0.25) is 0 Å². The van der Waals surface area contributed by atoms with E-state index in [-0.39, 0.29) is 23.5 Å². The van der Waals surface area contributed by atoms with Crippen LogP contribution in [0.25, 0.3) is 0 Å². The quantitative estimate of drug-likeness (QED) is 0.620. The van der Waals surface area contributed by atoms with Gasteiger partial charge in [0.25, 0.3) is 0 Å². The summed E-state index contributed by atoms with van der Waals surface area (Å²) >= 11 is 0. The second-order valence-corrected chi connectivity index (χ2v) is 5.16. The number of fused-ring (bicyclic) bond motifs is 2. The highest BCUT2D eigenvalue weighted by Crippen LogP contribution is 2.62. The molecule has 0 saturated heterocycles. The topological polar surface area (TPSA) is 40.5 Å². The Hall–Kier alpha value is -0.0800. The lowest BCUT2D eigenvalue weighted by atomic mass is 9.69. The van der Waals surface area contributed by atoms with Crippen molar-refractivity contribution in [1.82, 2.24) is 0 Å². The van der Waals surface area contributed by atoms with Gasteiger partial charge in [0, 0.05) is 5.41 Å². The third-order valence-corrected chi connectivity index (χ3v) is 4.33. The molecule has 4 unspecified atom stereocenters. The summed E-state index contributed by atoms with van der Waals surface area (Å²) in [5, 5.41) is 19.3. The second kappa shape index (κ2) is 2.24. The van der Waals surface area contributed by atoms with Crippen LogP contribution in [0.2, 0.25) is 0 Å². The summed E-state index contributed by atoms with van der Waals surface area (Å²) in [6.07, 6.45) is 3.12. The molecule has 2 bridgehead atoms. The van der Waals surface area contributed by atoms with Crippen molar-refractivity contribution in [1.29, 1.82) is 0 Å². The Kier molecular flexibility index (Phi) is 1.59. The van der Waals surface area contributed by atoms with Crippen molar-refractivity contribution in [2.24, 2.45) is 16.7 Å². The normalized spacial score (nSPS) is 58.0. The molecular formula is C10H18O2. The second-order valence-electron chi connectivity index (χ2n) is 5.16. The van der Waals surface area contributed by atoms with Crippen LogP contribution in [0.3, 0.4) is 0 Å². The summed E-state index contributed by atoms with van der Waals surface area (Å²) in [5.41, 5.74) is -0.116. The molecule has 2 fully saturated rings. The van der Waals surface area contributed by atoms with Crippen molar-refractivity contribution in [3.63, 3.8) is 0 Å². The first-order valence-corrected chi connectivity index (χ1v) is 4.82. The fourth-order valence-electron chi connectivity index (χ4n) is 3.32. The minimum Gasteiger partial charge on any atom is -0.396 e. The molecular weight excluding hydrogens is 152 g/mol. The van der Waals surface area contributed by atoms with Gasteiger partial charge in [-0.05, 0) is 30.6 Å². The fourth-order valence-corrected chi connectivity index (χ4v) is 3.32. The SMILES string of the molecule is CC12CCC(C1)C(C)(CO)C2O. The summed E-state index contributed by atoms with van der Waals surface area (Å²) in [4.78, 5) is 0. The molecule has 2 aliphatic carbocycles. The van der Waals surface area contributed by atoms with Gasteiger partial charge in [-0.15, -0.1) is 0 Å². The molecule has 0 aliphatic heterocycles. The van der Waals surface area contributed by atoms with Gasteiger partial charge in [-0.25, -0.2) is 0 Å². The maximum absolute atomic E-state index is 10.0. The van der Waals surface area contributed by atoms with Gasteiger partial charge in [-0.1, -0.05) is 13.8 Å². The van der Waals surface area contributed by atoms with Gasteiger partial charge in [0.2, 0.25) is 0 Å². The molecule has 2 rings (SSSR count). The molecule has 2 nitrogen and oxygen atoms in total. The van der Waals surface area contributed by atoms with Crippen LogP contribution in [0.1, 0.15) is 33.1 Å². The van der Waals surface area contributed by atoms with Gasteiger partial charge < -0.3 is 10.2 Å². The van der Waals surface area contributed by atoms with E-state index in [1.807, 2.05) is 6.92 Å². The van der Waals surface area contributed by atoms with Crippen LogP contribution in [0, 0.1) is 16.7 Å². The van der Waals surface area contributed by atoms with E-state index in [4.69, 9.17) is 0 Å². The van der Waals surface area contributed by atoms with Crippen LogP contribution in [0.5, 0.6) is 0 Å². The minimum absolute atomic E-state index is 0.0994. The third-order valence-electron chi connectivity index (χ3n) is 4.33. The summed E-state index contributed by atoms with van der Waals surface area (Å²) in [7, 11) is 0. The standard InChI is InChI=1S/C10H18O2/c1-9-4-3-7(5-9)10(2,6-11)8(9)12/h7-8,11-12H,3-6H2,1-2H3. The van der Waals surface area contributed by atoms with Gasteiger partial charge in [0.15, 0.2) is 0 Å². The van der Waals surface area contributed by atoms with E-state index in [0.29, 0.717) is 5.92 Å². The molecule has 0 spiro atoms. The van der Waals surface area contributed by atoms with Crippen LogP contribution >= 0.6 is 0 Å². The Morgan fingerprint density at radius 1 is 1.42 bits per heavy atom. The average Bonchev–Trinajstić information content (AvgIpc) is 2.52. The number of aliphatic hydroxyl groups is 2. The van der Waals surface area contributed by atoms with Gasteiger partial charge in [-0.2, -0.15) is 0 Å². The van der Waals surface area contributed by atoms with Crippen molar-refractivity contribution in [2.45, 2.75) is 39.2 Å². The minimum atomic E-state index is -0.297. The van der Waals surface area contributed by atoms with Crippen LogP contribution < -0.4 is 0 Å². The van der Waals surface area contributed by atoms with Crippen LogP contribution in [-0.2, 0) is 0 Å². The Morgan fingerprint density at radius 3 is 2.42 bits per heavy atom. The van der Waals surface area contributed by atoms with E-state index in [0.717, 1.165) is 12.8 Å². The molecule has 0 amide bonds. The molecule has 2 aliphatic rings. The van der Waals surface area contributed by atoms with E-state index >= 15 is 0 Å². The molecule has 0 heterocycles. The van der Waals surface area contributed by atoms with E-state index in [1.54, 1.807) is 0 Å². The zero-order valence-electron chi connectivity index (χ0n) is 7.88. The predicted octanol–water partition coefficient (Wildman–Crippen LogP) is 1.17.